The number of furan rings is 1. The van der Waals surface area contributed by atoms with Gasteiger partial charge in [0.1, 0.15) is 28.8 Å². The Morgan fingerprint density at radius 1 is 1.22 bits per heavy atom. The number of carbonyl (C=O) groups excluding carboxylic acids is 2. The molecule has 0 unspecified atom stereocenters. The number of nitrogens with one attached hydrogen (secondary N) is 2. The quantitative estimate of drug-likeness (QED) is 0.737. The molecule has 2 heterocycles. The number of hydrogen-bond donors (Lipinski definition) is 2. The Kier molecular flexibility index (Phi) is 4.77. The van der Waals surface area contributed by atoms with Gasteiger partial charge < -0.3 is 15.1 Å². The Labute approximate surface area is 154 Å². The number of aryl methyl sites for hydroxylation is 1. The van der Waals surface area contributed by atoms with Gasteiger partial charge >= 0.3 is 0 Å². The molecule has 0 saturated carbocycles. The van der Waals surface area contributed by atoms with E-state index in [1.54, 1.807) is 36.0 Å². The number of aromatic nitrogens is 1. The van der Waals surface area contributed by atoms with E-state index < -0.39 is 17.6 Å². The molecule has 1 aromatic carbocycles. The predicted molar refractivity (Wildman–Crippen MR) is 96.1 cm³/mol. The maximum absolute atomic E-state index is 13.7. The van der Waals surface area contributed by atoms with E-state index in [1.807, 2.05) is 6.07 Å². The van der Waals surface area contributed by atoms with Crippen LogP contribution >= 0.6 is 0 Å². The molecule has 7 nitrogen and oxygen atoms in total. The van der Waals surface area contributed by atoms with Crippen LogP contribution < -0.4 is 10.6 Å². The van der Waals surface area contributed by atoms with Crippen molar-refractivity contribution < 1.29 is 18.4 Å². The van der Waals surface area contributed by atoms with Crippen LogP contribution in [0, 0.1) is 24.1 Å². The molecule has 0 fully saturated rings. The molecule has 3 aromatic rings. The molecule has 2 amide bonds. The van der Waals surface area contributed by atoms with Crippen molar-refractivity contribution in [3.63, 3.8) is 0 Å². The van der Waals surface area contributed by atoms with E-state index in [0.29, 0.717) is 0 Å². The van der Waals surface area contributed by atoms with Crippen molar-refractivity contribution in [1.29, 1.82) is 5.26 Å². The monoisotopic (exact) mass is 366 g/mol. The van der Waals surface area contributed by atoms with Crippen LogP contribution in [0.2, 0.25) is 0 Å². The lowest BCUT2D eigenvalue weighted by Gasteiger charge is -2.09. The molecule has 136 valence electrons. The second kappa shape index (κ2) is 7.17. The molecule has 0 aliphatic heterocycles. The minimum atomic E-state index is -0.629. The van der Waals surface area contributed by atoms with Gasteiger partial charge in [-0.25, -0.2) is 4.39 Å². The summed E-state index contributed by atoms with van der Waals surface area (Å²) in [4.78, 5) is 23.9. The molecule has 2 N–H and O–H groups in total. The predicted octanol–water partition coefficient (Wildman–Crippen LogP) is 3.60. The molecule has 0 atom stereocenters. The minimum absolute atomic E-state index is 0.0576. The van der Waals surface area contributed by atoms with E-state index in [2.05, 4.69) is 10.6 Å². The lowest BCUT2D eigenvalue weighted by molar-refractivity contribution is -0.114. The lowest BCUT2D eigenvalue weighted by atomic mass is 10.1. The van der Waals surface area contributed by atoms with Crippen LogP contribution in [0.3, 0.4) is 0 Å². The van der Waals surface area contributed by atoms with E-state index in [0.717, 1.165) is 6.07 Å². The molecule has 0 saturated heterocycles. The van der Waals surface area contributed by atoms with Crippen LogP contribution in [0.4, 0.5) is 15.8 Å². The molecule has 0 aliphatic carbocycles. The fourth-order valence-electron chi connectivity index (χ4n) is 2.64. The molecule has 0 radical (unpaired) electrons. The third kappa shape index (κ3) is 3.57. The number of carbonyl (C=O) groups is 2. The van der Waals surface area contributed by atoms with Crippen molar-refractivity contribution in [3.05, 3.63) is 65.4 Å². The largest absolute Gasteiger partial charge is 0.443 e. The van der Waals surface area contributed by atoms with Crippen molar-refractivity contribution in [2.75, 3.05) is 10.6 Å². The standard InChI is InChI=1S/C19H15FN4O3/c1-11-17(14(10-21)19(27-11)24-7-3-4-8-24)18(26)23-13-5-6-15(20)16(9-13)22-12(2)25/h3-9H,1-2H3,(H,22,25)(H,23,26). The molecule has 3 rings (SSSR count). The van der Waals surface area contributed by atoms with Crippen LogP contribution in [-0.2, 0) is 4.79 Å². The minimum Gasteiger partial charge on any atom is -0.443 e. The van der Waals surface area contributed by atoms with Crippen molar-refractivity contribution in [1.82, 2.24) is 4.57 Å². The highest BCUT2D eigenvalue weighted by Gasteiger charge is 2.24. The summed E-state index contributed by atoms with van der Waals surface area (Å²) in [6, 6.07) is 9.30. The lowest BCUT2D eigenvalue weighted by Crippen LogP contribution is -2.15. The van der Waals surface area contributed by atoms with Gasteiger partial charge in [-0.05, 0) is 37.3 Å². The Morgan fingerprint density at radius 2 is 1.93 bits per heavy atom. The molecule has 2 aromatic heterocycles. The fourth-order valence-corrected chi connectivity index (χ4v) is 2.64. The zero-order valence-electron chi connectivity index (χ0n) is 14.5. The van der Waals surface area contributed by atoms with Crippen LogP contribution in [0.25, 0.3) is 5.88 Å². The Hall–Kier alpha value is -3.86. The Bertz CT molecular complexity index is 1060. The first-order valence-corrected chi connectivity index (χ1v) is 7.96. The first kappa shape index (κ1) is 17.9. The van der Waals surface area contributed by atoms with Crippen molar-refractivity contribution >= 4 is 23.2 Å². The number of rotatable bonds is 4. The average molecular weight is 366 g/mol. The summed E-state index contributed by atoms with van der Waals surface area (Å²) < 4.78 is 20.9. The highest BCUT2D eigenvalue weighted by molar-refractivity contribution is 6.07. The zero-order chi connectivity index (χ0) is 19.6. The van der Waals surface area contributed by atoms with Crippen molar-refractivity contribution in [2.24, 2.45) is 0 Å². The highest BCUT2D eigenvalue weighted by atomic mass is 19.1. The number of benzene rings is 1. The molecular weight excluding hydrogens is 351 g/mol. The van der Waals surface area contributed by atoms with Gasteiger partial charge in [0.25, 0.3) is 5.91 Å². The smallest absolute Gasteiger partial charge is 0.260 e. The van der Waals surface area contributed by atoms with Gasteiger partial charge in [0, 0.05) is 25.0 Å². The Balaban J connectivity index is 1.94. The van der Waals surface area contributed by atoms with Crippen LogP contribution in [0.5, 0.6) is 0 Å². The van der Waals surface area contributed by atoms with Crippen LogP contribution in [0.15, 0.2) is 47.1 Å². The van der Waals surface area contributed by atoms with Crippen molar-refractivity contribution in [3.8, 4) is 12.0 Å². The summed E-state index contributed by atoms with van der Waals surface area (Å²) in [5.41, 5.74) is 0.381. The summed E-state index contributed by atoms with van der Waals surface area (Å²) in [5, 5.41) is 14.4. The summed E-state index contributed by atoms with van der Waals surface area (Å²) in [6.45, 7) is 2.83. The molecule has 0 bridgehead atoms. The average Bonchev–Trinajstić information content (AvgIpc) is 3.24. The number of nitrogens with zero attached hydrogens (tertiary/aromatic N) is 2. The SMILES string of the molecule is CC(=O)Nc1cc(NC(=O)c2c(C)oc(-n3cccc3)c2C#N)ccc1F. The third-order valence-electron chi connectivity index (χ3n) is 3.78. The van der Waals surface area contributed by atoms with E-state index in [1.165, 1.54) is 19.1 Å². The summed E-state index contributed by atoms with van der Waals surface area (Å²) in [7, 11) is 0. The van der Waals surface area contributed by atoms with Gasteiger partial charge in [-0.2, -0.15) is 5.26 Å². The number of hydrogen-bond acceptors (Lipinski definition) is 4. The van der Waals surface area contributed by atoms with E-state index >= 15 is 0 Å². The first-order valence-electron chi connectivity index (χ1n) is 7.96. The molecule has 27 heavy (non-hydrogen) atoms. The molecule has 8 heteroatoms. The van der Waals surface area contributed by atoms with E-state index in [-0.39, 0.29) is 34.1 Å². The van der Waals surface area contributed by atoms with Gasteiger partial charge in [0.2, 0.25) is 11.8 Å². The third-order valence-corrected chi connectivity index (χ3v) is 3.78. The van der Waals surface area contributed by atoms with Crippen LogP contribution in [0.1, 0.15) is 28.6 Å². The topological polar surface area (TPSA) is 100 Å². The summed E-state index contributed by atoms with van der Waals surface area (Å²) >= 11 is 0. The molecule has 0 spiro atoms. The summed E-state index contributed by atoms with van der Waals surface area (Å²) in [5.74, 6) is -1.13. The van der Waals surface area contributed by atoms with Gasteiger partial charge in [-0.1, -0.05) is 0 Å². The number of anilines is 2. The van der Waals surface area contributed by atoms with E-state index in [9.17, 15) is 19.2 Å². The normalized spacial score (nSPS) is 10.3. The van der Waals surface area contributed by atoms with Crippen molar-refractivity contribution in [2.45, 2.75) is 13.8 Å². The molecular formula is C19H15FN4O3. The van der Waals surface area contributed by atoms with Crippen LogP contribution in [-0.4, -0.2) is 16.4 Å². The zero-order valence-corrected chi connectivity index (χ0v) is 14.5. The van der Waals surface area contributed by atoms with Gasteiger partial charge in [-0.15, -0.1) is 0 Å². The number of nitriles is 1. The van der Waals surface area contributed by atoms with Gasteiger partial charge in [0.15, 0.2) is 0 Å². The first-order chi connectivity index (χ1) is 12.9. The summed E-state index contributed by atoms with van der Waals surface area (Å²) in [6.07, 6.45) is 3.39. The van der Waals surface area contributed by atoms with Gasteiger partial charge in [-0.3, -0.25) is 14.2 Å². The number of halogens is 1. The maximum atomic E-state index is 13.7. The molecule has 0 aliphatic rings. The second-order valence-corrected chi connectivity index (χ2v) is 5.75. The van der Waals surface area contributed by atoms with E-state index in [4.69, 9.17) is 4.42 Å². The maximum Gasteiger partial charge on any atom is 0.260 e. The highest BCUT2D eigenvalue weighted by Crippen LogP contribution is 2.27. The second-order valence-electron chi connectivity index (χ2n) is 5.75. The Morgan fingerprint density at radius 3 is 2.56 bits per heavy atom. The number of amides is 2. The van der Waals surface area contributed by atoms with Gasteiger partial charge in [0.05, 0.1) is 5.69 Å². The fraction of sp³-hybridized carbons (Fsp3) is 0.105.